The summed E-state index contributed by atoms with van der Waals surface area (Å²) in [6.45, 7) is 2.47. The summed E-state index contributed by atoms with van der Waals surface area (Å²) in [5.74, 6) is -4.47. The van der Waals surface area contributed by atoms with Crippen molar-refractivity contribution in [3.05, 3.63) is 0 Å². The Hall–Kier alpha value is 0.0600. The van der Waals surface area contributed by atoms with Crippen LogP contribution in [0.4, 0.5) is 13.2 Å². The predicted molar refractivity (Wildman–Crippen MR) is 40.4 cm³/mol. The minimum absolute atomic E-state index is 0.0272. The fourth-order valence-corrected chi connectivity index (χ4v) is 0.948. The maximum Gasteiger partial charge on any atom is 0.292 e. The van der Waals surface area contributed by atoms with Crippen LogP contribution in [-0.2, 0) is 9.22 Å². The van der Waals surface area contributed by atoms with E-state index in [1.54, 1.807) is 0 Å². The summed E-state index contributed by atoms with van der Waals surface area (Å²) in [6.07, 6.45) is 0. The van der Waals surface area contributed by atoms with Crippen molar-refractivity contribution in [1.82, 2.24) is 0 Å². The molecule has 0 spiro atoms. The van der Waals surface area contributed by atoms with E-state index in [1.165, 1.54) is 13.8 Å². The molecule has 6 heteroatoms. The van der Waals surface area contributed by atoms with E-state index in [9.17, 15) is 13.2 Å². The fourth-order valence-electron chi connectivity index (χ4n) is 0.400. The van der Waals surface area contributed by atoms with Gasteiger partial charge in [0.15, 0.2) is 0 Å². The quantitative estimate of drug-likeness (QED) is 0.390. The van der Waals surface area contributed by atoms with Crippen molar-refractivity contribution in [3.63, 3.8) is 0 Å². The van der Waals surface area contributed by atoms with Gasteiger partial charge in [0, 0.05) is 5.92 Å². The molecule has 0 saturated heterocycles. The Balaban J connectivity index is 3.97. The Labute approximate surface area is 73.5 Å². The van der Waals surface area contributed by atoms with E-state index in [-0.39, 0.29) is 12.0 Å². The first kappa shape index (κ1) is 12.1. The van der Waals surface area contributed by atoms with Gasteiger partial charge in [-0.3, -0.25) is 0 Å². The summed E-state index contributed by atoms with van der Waals surface area (Å²) in [6, 6.07) is 0. The molecule has 0 aromatic carbocycles. The second-order valence-corrected chi connectivity index (χ2v) is 3.22. The second kappa shape index (κ2) is 4.94. The molecule has 12 heavy (non-hydrogen) atoms. The molecule has 0 radical (unpaired) electrons. The van der Waals surface area contributed by atoms with Crippen molar-refractivity contribution in [2.45, 2.75) is 25.3 Å². The average molecular weight is 204 g/mol. The van der Waals surface area contributed by atoms with Crippen molar-refractivity contribution in [1.29, 1.82) is 0 Å². The summed E-state index contributed by atoms with van der Waals surface area (Å²) >= 11 is -0.0272. The zero-order valence-electron chi connectivity index (χ0n) is 7.01. The summed E-state index contributed by atoms with van der Waals surface area (Å²) < 4.78 is 42.1. The van der Waals surface area contributed by atoms with Crippen molar-refractivity contribution >= 4 is 12.0 Å². The number of hydrogen-bond donors (Lipinski definition) is 0. The lowest BCUT2D eigenvalue weighted by Crippen LogP contribution is -2.33. The highest BCUT2D eigenvalue weighted by molar-refractivity contribution is 7.95. The molecule has 0 fully saturated rings. The summed E-state index contributed by atoms with van der Waals surface area (Å²) in [4.78, 5) is 3.98. The highest BCUT2D eigenvalue weighted by Gasteiger charge is 2.44. The van der Waals surface area contributed by atoms with Crippen LogP contribution in [0.15, 0.2) is 0 Å². The van der Waals surface area contributed by atoms with Crippen LogP contribution in [0.5, 0.6) is 0 Å². The Bertz CT molecular complexity index is 132. The Morgan fingerprint density at radius 3 is 2.17 bits per heavy atom. The molecule has 0 aliphatic carbocycles. The van der Waals surface area contributed by atoms with Crippen molar-refractivity contribution < 1.29 is 22.4 Å². The number of halogens is 3. The lowest BCUT2D eigenvalue weighted by atomic mass is 10.1. The molecule has 0 aliphatic rings. The van der Waals surface area contributed by atoms with E-state index in [2.05, 4.69) is 9.22 Å². The van der Waals surface area contributed by atoms with Gasteiger partial charge in [-0.15, -0.1) is 0 Å². The summed E-state index contributed by atoms with van der Waals surface area (Å²) in [5, 5.41) is 0. The maximum absolute atomic E-state index is 12.7. The molecule has 1 unspecified atom stereocenters. The van der Waals surface area contributed by atoms with Crippen molar-refractivity contribution in [2.75, 3.05) is 7.11 Å². The van der Waals surface area contributed by atoms with Gasteiger partial charge in [0.25, 0.3) is 5.92 Å². The molecule has 0 aromatic rings. The first-order valence-electron chi connectivity index (χ1n) is 3.31. The molecule has 0 N–H and O–H groups in total. The normalized spacial score (nSPS) is 15.2. The minimum Gasteiger partial charge on any atom is -0.228 e. The largest absolute Gasteiger partial charge is 0.292 e. The topological polar surface area (TPSA) is 18.5 Å². The lowest BCUT2D eigenvalue weighted by molar-refractivity contribution is -0.166. The van der Waals surface area contributed by atoms with Gasteiger partial charge in [-0.25, -0.2) is 18.1 Å². The predicted octanol–water partition coefficient (Wildman–Crippen LogP) is 2.80. The van der Waals surface area contributed by atoms with E-state index in [0.717, 1.165) is 7.11 Å². The summed E-state index contributed by atoms with van der Waals surface area (Å²) in [5.41, 5.74) is -2.41. The van der Waals surface area contributed by atoms with E-state index in [0.29, 0.717) is 0 Å². The lowest BCUT2D eigenvalue weighted by Gasteiger charge is -2.22. The van der Waals surface area contributed by atoms with Gasteiger partial charge in [0.2, 0.25) is 5.50 Å². The van der Waals surface area contributed by atoms with Gasteiger partial charge >= 0.3 is 0 Å². The van der Waals surface area contributed by atoms with Crippen LogP contribution in [0, 0.1) is 5.92 Å². The molecular formula is C6H11F3O2S. The van der Waals surface area contributed by atoms with E-state index >= 15 is 0 Å². The van der Waals surface area contributed by atoms with E-state index in [1.807, 2.05) is 0 Å². The maximum atomic E-state index is 12.7. The first-order valence-corrected chi connectivity index (χ1v) is 4.11. The van der Waals surface area contributed by atoms with E-state index in [4.69, 9.17) is 0 Å². The van der Waals surface area contributed by atoms with Crippen LogP contribution in [0.3, 0.4) is 0 Å². The summed E-state index contributed by atoms with van der Waals surface area (Å²) in [7, 11) is 1.12. The third-order valence-electron chi connectivity index (χ3n) is 1.26. The smallest absolute Gasteiger partial charge is 0.228 e. The monoisotopic (exact) mass is 204 g/mol. The molecule has 0 bridgehead atoms. The van der Waals surface area contributed by atoms with Crippen LogP contribution in [0.25, 0.3) is 0 Å². The Kier molecular flexibility index (Phi) is 4.96. The SMILES string of the molecule is COOSC(F)C(F)(F)C(C)C. The van der Waals surface area contributed by atoms with Crippen LogP contribution < -0.4 is 0 Å². The molecule has 0 aliphatic heterocycles. The van der Waals surface area contributed by atoms with Gasteiger partial charge in [-0.05, 0) is 0 Å². The van der Waals surface area contributed by atoms with Gasteiger partial charge < -0.3 is 0 Å². The van der Waals surface area contributed by atoms with Gasteiger partial charge in [0.1, 0.15) is 0 Å². The Morgan fingerprint density at radius 2 is 1.83 bits per heavy atom. The number of hydrogen-bond acceptors (Lipinski definition) is 3. The molecule has 1 atom stereocenters. The van der Waals surface area contributed by atoms with Crippen molar-refractivity contribution in [3.8, 4) is 0 Å². The van der Waals surface area contributed by atoms with Gasteiger partial charge in [-0.2, -0.15) is 4.33 Å². The minimum atomic E-state index is -3.40. The van der Waals surface area contributed by atoms with Crippen LogP contribution in [0.1, 0.15) is 13.8 Å². The highest BCUT2D eigenvalue weighted by Crippen LogP contribution is 2.36. The van der Waals surface area contributed by atoms with Crippen LogP contribution in [-0.4, -0.2) is 18.5 Å². The Morgan fingerprint density at radius 1 is 1.33 bits per heavy atom. The first-order chi connectivity index (χ1) is 5.42. The zero-order valence-corrected chi connectivity index (χ0v) is 7.83. The molecule has 0 aromatic heterocycles. The highest BCUT2D eigenvalue weighted by atomic mass is 32.2. The molecule has 2 nitrogen and oxygen atoms in total. The molecule has 74 valence electrons. The molecule has 0 heterocycles. The third-order valence-corrected chi connectivity index (χ3v) is 1.96. The van der Waals surface area contributed by atoms with Gasteiger partial charge in [0.05, 0.1) is 19.2 Å². The average Bonchev–Trinajstić information content (AvgIpc) is 1.99. The van der Waals surface area contributed by atoms with Crippen LogP contribution in [0.2, 0.25) is 0 Å². The zero-order chi connectivity index (χ0) is 9.78. The van der Waals surface area contributed by atoms with Crippen molar-refractivity contribution in [2.24, 2.45) is 5.92 Å². The number of rotatable bonds is 5. The van der Waals surface area contributed by atoms with Gasteiger partial charge in [-0.1, -0.05) is 13.8 Å². The van der Waals surface area contributed by atoms with E-state index < -0.39 is 17.3 Å². The molecular weight excluding hydrogens is 193 g/mol. The standard InChI is InChI=1S/C6H11F3O2S/c1-4(2)6(8,9)5(7)12-11-10-3/h4-5H,1-3H3. The van der Waals surface area contributed by atoms with Crippen LogP contribution >= 0.6 is 12.0 Å². The third kappa shape index (κ3) is 3.20. The second-order valence-electron chi connectivity index (χ2n) is 2.48. The molecule has 0 saturated carbocycles. The molecule has 0 rings (SSSR count). The number of alkyl halides is 3. The fraction of sp³-hybridized carbons (Fsp3) is 1.00. The molecule has 0 amide bonds.